The summed E-state index contributed by atoms with van der Waals surface area (Å²) in [6.45, 7) is 7.42. The second-order valence-electron chi connectivity index (χ2n) is 11.9. The lowest BCUT2D eigenvalue weighted by Crippen LogP contribution is -2.42. The van der Waals surface area contributed by atoms with E-state index in [9.17, 15) is 0 Å². The van der Waals surface area contributed by atoms with Crippen LogP contribution in [0, 0.1) is 53.3 Å². The maximum Gasteiger partial charge on any atom is 0.0395 e. The molecule has 4 aliphatic rings. The smallest absolute Gasteiger partial charge is 0.0395 e. The maximum absolute atomic E-state index is 7.18. The normalized spacial score (nSPS) is 51.0. The van der Waals surface area contributed by atoms with E-state index in [2.05, 4.69) is 20.8 Å². The van der Waals surface area contributed by atoms with Crippen LogP contribution >= 0.6 is 11.6 Å². The second-order valence-corrected chi connectivity index (χ2v) is 12.4. The largest absolute Gasteiger partial charge is 0.122 e. The molecule has 4 fully saturated rings. The standard InChI is InChI=1S/C27H47Cl/c1-18-4-8-21(9-5-18)22-12-14-23(15-13-22)25-16-17-26(27(28)20(25)3)24-10-6-19(2)7-11-24/h18-27H,4-17H2,1-3H3. The third-order valence-electron chi connectivity index (χ3n) is 10.2. The molecule has 0 heterocycles. The van der Waals surface area contributed by atoms with Gasteiger partial charge in [-0.05, 0) is 117 Å². The zero-order valence-corrected chi connectivity index (χ0v) is 19.8. The van der Waals surface area contributed by atoms with Crippen molar-refractivity contribution in [2.45, 2.75) is 116 Å². The lowest BCUT2D eigenvalue weighted by molar-refractivity contribution is 0.0568. The molecule has 162 valence electrons. The predicted octanol–water partition coefficient (Wildman–Crippen LogP) is 8.72. The highest BCUT2D eigenvalue weighted by Gasteiger charge is 2.43. The molecular formula is C27H47Cl. The molecule has 1 heteroatoms. The Kier molecular flexibility index (Phi) is 7.39. The summed E-state index contributed by atoms with van der Waals surface area (Å²) >= 11 is 7.18. The SMILES string of the molecule is CC1CCC(C2CCC(C3CCC(C4CCC(C)CC4)C(Cl)C3C)CC2)CC1. The van der Waals surface area contributed by atoms with Gasteiger partial charge in [-0.15, -0.1) is 11.6 Å². The van der Waals surface area contributed by atoms with Gasteiger partial charge in [0.1, 0.15) is 0 Å². The summed E-state index contributed by atoms with van der Waals surface area (Å²) in [7, 11) is 0. The molecule has 4 saturated carbocycles. The van der Waals surface area contributed by atoms with Crippen LogP contribution in [-0.4, -0.2) is 5.38 Å². The van der Waals surface area contributed by atoms with E-state index < -0.39 is 0 Å². The molecule has 0 aliphatic heterocycles. The average molecular weight is 407 g/mol. The summed E-state index contributed by atoms with van der Waals surface area (Å²) in [6, 6.07) is 0. The minimum absolute atomic E-state index is 0.453. The van der Waals surface area contributed by atoms with Gasteiger partial charge in [0.05, 0.1) is 0 Å². The fraction of sp³-hybridized carbons (Fsp3) is 1.00. The zero-order chi connectivity index (χ0) is 19.7. The highest BCUT2D eigenvalue weighted by Crippen LogP contribution is 2.51. The van der Waals surface area contributed by atoms with Gasteiger partial charge in [-0.2, -0.15) is 0 Å². The van der Waals surface area contributed by atoms with Crippen molar-refractivity contribution in [1.82, 2.24) is 0 Å². The number of hydrogen-bond acceptors (Lipinski definition) is 0. The Bertz CT molecular complexity index is 463. The molecule has 0 bridgehead atoms. The molecule has 4 unspecified atom stereocenters. The van der Waals surface area contributed by atoms with E-state index in [1.807, 2.05) is 0 Å². The third kappa shape index (κ3) is 4.78. The Labute approximate surface area is 181 Å². The van der Waals surface area contributed by atoms with Crippen LogP contribution in [-0.2, 0) is 0 Å². The lowest BCUT2D eigenvalue weighted by atomic mass is 9.60. The van der Waals surface area contributed by atoms with E-state index in [-0.39, 0.29) is 0 Å². The van der Waals surface area contributed by atoms with Gasteiger partial charge < -0.3 is 0 Å². The van der Waals surface area contributed by atoms with Gasteiger partial charge in [-0.1, -0.05) is 46.5 Å². The van der Waals surface area contributed by atoms with Crippen LogP contribution in [0.2, 0.25) is 0 Å². The van der Waals surface area contributed by atoms with Crippen LogP contribution in [0.5, 0.6) is 0 Å². The van der Waals surface area contributed by atoms with E-state index in [4.69, 9.17) is 11.6 Å². The van der Waals surface area contributed by atoms with Gasteiger partial charge in [0, 0.05) is 5.38 Å². The van der Waals surface area contributed by atoms with Crippen LogP contribution in [0.25, 0.3) is 0 Å². The van der Waals surface area contributed by atoms with Gasteiger partial charge >= 0.3 is 0 Å². The second kappa shape index (κ2) is 9.62. The van der Waals surface area contributed by atoms with Crippen molar-refractivity contribution in [3.8, 4) is 0 Å². The highest BCUT2D eigenvalue weighted by molar-refractivity contribution is 6.21. The van der Waals surface area contributed by atoms with Crippen LogP contribution in [0.3, 0.4) is 0 Å². The first-order chi connectivity index (χ1) is 13.5. The summed E-state index contributed by atoms with van der Waals surface area (Å²) in [5.74, 6) is 8.50. The summed E-state index contributed by atoms with van der Waals surface area (Å²) in [4.78, 5) is 0. The van der Waals surface area contributed by atoms with Gasteiger partial charge in [-0.25, -0.2) is 0 Å². The summed E-state index contributed by atoms with van der Waals surface area (Å²) in [5.41, 5.74) is 0. The number of hydrogen-bond donors (Lipinski definition) is 0. The molecule has 0 N–H and O–H groups in total. The quantitative estimate of drug-likeness (QED) is 0.411. The van der Waals surface area contributed by atoms with E-state index in [1.54, 1.807) is 0 Å². The van der Waals surface area contributed by atoms with Crippen LogP contribution in [0.15, 0.2) is 0 Å². The van der Waals surface area contributed by atoms with Gasteiger partial charge in [0.2, 0.25) is 0 Å². The van der Waals surface area contributed by atoms with Crippen molar-refractivity contribution >= 4 is 11.6 Å². The Morgan fingerprint density at radius 2 is 0.786 bits per heavy atom. The molecule has 0 radical (unpaired) electrons. The Hall–Kier alpha value is 0.290. The van der Waals surface area contributed by atoms with Crippen molar-refractivity contribution in [2.75, 3.05) is 0 Å². The van der Waals surface area contributed by atoms with Gasteiger partial charge in [0.25, 0.3) is 0 Å². The summed E-state index contributed by atoms with van der Waals surface area (Å²) in [5, 5.41) is 0.453. The molecule has 0 aromatic carbocycles. The van der Waals surface area contributed by atoms with Crippen molar-refractivity contribution < 1.29 is 0 Å². The molecule has 0 aromatic rings. The number of alkyl halides is 1. The first-order valence-corrected chi connectivity index (χ1v) is 13.6. The third-order valence-corrected chi connectivity index (χ3v) is 11.0. The van der Waals surface area contributed by atoms with Crippen LogP contribution in [0.4, 0.5) is 0 Å². The van der Waals surface area contributed by atoms with Gasteiger partial charge in [0.15, 0.2) is 0 Å². The van der Waals surface area contributed by atoms with E-state index in [0.29, 0.717) is 5.38 Å². The Balaban J connectivity index is 1.27. The topological polar surface area (TPSA) is 0 Å². The summed E-state index contributed by atoms with van der Waals surface area (Å²) < 4.78 is 0. The lowest BCUT2D eigenvalue weighted by Gasteiger charge is -2.48. The van der Waals surface area contributed by atoms with Crippen LogP contribution in [0.1, 0.15) is 111 Å². The van der Waals surface area contributed by atoms with E-state index in [1.165, 1.54) is 89.9 Å². The number of rotatable bonds is 3. The predicted molar refractivity (Wildman–Crippen MR) is 123 cm³/mol. The van der Waals surface area contributed by atoms with Gasteiger partial charge in [-0.3, -0.25) is 0 Å². The molecule has 0 spiro atoms. The molecule has 4 atom stereocenters. The van der Waals surface area contributed by atoms with Crippen molar-refractivity contribution in [3.05, 3.63) is 0 Å². The van der Waals surface area contributed by atoms with E-state index in [0.717, 1.165) is 53.3 Å². The van der Waals surface area contributed by atoms with Crippen LogP contribution < -0.4 is 0 Å². The molecule has 28 heavy (non-hydrogen) atoms. The first-order valence-electron chi connectivity index (χ1n) is 13.2. The number of halogens is 1. The molecule has 0 aromatic heterocycles. The first kappa shape index (κ1) is 21.5. The van der Waals surface area contributed by atoms with E-state index >= 15 is 0 Å². The molecular weight excluding hydrogens is 360 g/mol. The molecule has 0 amide bonds. The molecule has 4 aliphatic carbocycles. The maximum atomic E-state index is 7.18. The molecule has 0 nitrogen and oxygen atoms in total. The zero-order valence-electron chi connectivity index (χ0n) is 19.1. The highest BCUT2D eigenvalue weighted by atomic mass is 35.5. The van der Waals surface area contributed by atoms with Crippen molar-refractivity contribution in [2.24, 2.45) is 53.3 Å². The Morgan fingerprint density at radius 3 is 1.32 bits per heavy atom. The Morgan fingerprint density at radius 1 is 0.429 bits per heavy atom. The average Bonchev–Trinajstić information content (AvgIpc) is 2.72. The summed E-state index contributed by atoms with van der Waals surface area (Å²) in [6.07, 6.45) is 20.9. The minimum Gasteiger partial charge on any atom is -0.122 e. The van der Waals surface area contributed by atoms with Crippen molar-refractivity contribution in [1.29, 1.82) is 0 Å². The fourth-order valence-corrected chi connectivity index (χ4v) is 8.63. The fourth-order valence-electron chi connectivity index (χ4n) is 8.11. The minimum atomic E-state index is 0.453. The molecule has 4 rings (SSSR count). The monoisotopic (exact) mass is 406 g/mol. The van der Waals surface area contributed by atoms with Crippen molar-refractivity contribution in [3.63, 3.8) is 0 Å². The molecule has 0 saturated heterocycles.